The van der Waals surface area contributed by atoms with Crippen LogP contribution in [0.5, 0.6) is 0 Å². The lowest BCUT2D eigenvalue weighted by Crippen LogP contribution is -2.37. The molecule has 1 aromatic carbocycles. The Bertz CT molecular complexity index is 476. The van der Waals surface area contributed by atoms with Crippen LogP contribution in [0.2, 0.25) is 0 Å². The quantitative estimate of drug-likeness (QED) is 0.768. The molecule has 1 unspecified atom stereocenters. The zero-order valence-electron chi connectivity index (χ0n) is 12.1. The van der Waals surface area contributed by atoms with Crippen LogP contribution in [0.1, 0.15) is 32.3 Å². The summed E-state index contributed by atoms with van der Waals surface area (Å²) in [4.78, 5) is 14.1. The van der Waals surface area contributed by atoms with E-state index in [-0.39, 0.29) is 18.1 Å². The molecule has 108 valence electrons. The highest BCUT2D eigenvalue weighted by Gasteiger charge is 2.24. The second-order valence-corrected chi connectivity index (χ2v) is 4.80. The maximum absolute atomic E-state index is 13.6. The van der Waals surface area contributed by atoms with Crippen LogP contribution >= 0.6 is 0 Å². The van der Waals surface area contributed by atoms with Gasteiger partial charge in [-0.2, -0.15) is 5.26 Å². The lowest BCUT2D eigenvalue weighted by atomic mass is 9.98. The minimum atomic E-state index is -0.815. The summed E-state index contributed by atoms with van der Waals surface area (Å²) in [7, 11) is 0. The van der Waals surface area contributed by atoms with Gasteiger partial charge in [0.25, 0.3) is 0 Å². The number of rotatable bonds is 7. The number of carbonyl (C=O) groups excluding carboxylic acids is 1. The molecule has 3 nitrogen and oxygen atoms in total. The van der Waals surface area contributed by atoms with Gasteiger partial charge in [0.1, 0.15) is 11.7 Å². The summed E-state index contributed by atoms with van der Waals surface area (Å²) in [5, 5.41) is 9.21. The molecule has 0 aliphatic heterocycles. The number of amides is 1. The molecule has 0 bridgehead atoms. The van der Waals surface area contributed by atoms with Gasteiger partial charge in [0.15, 0.2) is 0 Å². The first-order valence-electron chi connectivity index (χ1n) is 7.05. The van der Waals surface area contributed by atoms with Gasteiger partial charge < -0.3 is 4.90 Å². The largest absolute Gasteiger partial charge is 0.342 e. The van der Waals surface area contributed by atoms with Crippen molar-refractivity contribution in [2.75, 3.05) is 13.1 Å². The maximum atomic E-state index is 13.6. The normalized spacial score (nSPS) is 11.7. The Morgan fingerprint density at radius 3 is 2.40 bits per heavy atom. The van der Waals surface area contributed by atoms with Crippen molar-refractivity contribution in [3.05, 3.63) is 35.6 Å². The highest BCUT2D eigenvalue weighted by atomic mass is 19.1. The Kier molecular flexibility index (Phi) is 6.72. The van der Waals surface area contributed by atoms with E-state index in [2.05, 4.69) is 0 Å². The van der Waals surface area contributed by atoms with Crippen LogP contribution < -0.4 is 0 Å². The molecule has 1 rings (SSSR count). The summed E-state index contributed by atoms with van der Waals surface area (Å²) in [6.07, 6.45) is 1.83. The number of nitrogens with zero attached hydrogens (tertiary/aromatic N) is 2. The van der Waals surface area contributed by atoms with Crippen molar-refractivity contribution in [1.82, 2.24) is 4.90 Å². The minimum absolute atomic E-state index is 0.131. The average molecular weight is 276 g/mol. The van der Waals surface area contributed by atoms with Crippen LogP contribution in [0.4, 0.5) is 4.39 Å². The molecule has 0 fully saturated rings. The molecule has 1 aromatic rings. The number of nitriles is 1. The summed E-state index contributed by atoms with van der Waals surface area (Å²) in [5.41, 5.74) is 0.417. The molecular weight excluding hydrogens is 255 g/mol. The van der Waals surface area contributed by atoms with E-state index in [4.69, 9.17) is 0 Å². The van der Waals surface area contributed by atoms with E-state index in [1.807, 2.05) is 19.9 Å². The molecule has 0 saturated carbocycles. The lowest BCUT2D eigenvalue weighted by Gasteiger charge is -2.24. The minimum Gasteiger partial charge on any atom is -0.342 e. The number of hydrogen-bond acceptors (Lipinski definition) is 2. The predicted molar refractivity (Wildman–Crippen MR) is 76.4 cm³/mol. The number of carbonyl (C=O) groups is 1. The van der Waals surface area contributed by atoms with Crippen LogP contribution in [-0.2, 0) is 11.2 Å². The molecule has 0 N–H and O–H groups in total. The van der Waals surface area contributed by atoms with E-state index in [9.17, 15) is 14.4 Å². The monoisotopic (exact) mass is 276 g/mol. The molecule has 1 amide bonds. The first-order chi connectivity index (χ1) is 9.63. The fraction of sp³-hybridized carbons (Fsp3) is 0.500. The Morgan fingerprint density at radius 2 is 1.90 bits per heavy atom. The van der Waals surface area contributed by atoms with Gasteiger partial charge >= 0.3 is 0 Å². The van der Waals surface area contributed by atoms with E-state index in [0.29, 0.717) is 18.7 Å². The summed E-state index contributed by atoms with van der Waals surface area (Å²) < 4.78 is 13.6. The fourth-order valence-electron chi connectivity index (χ4n) is 2.16. The van der Waals surface area contributed by atoms with E-state index in [0.717, 1.165) is 12.8 Å². The Balaban J connectivity index is 2.82. The zero-order valence-corrected chi connectivity index (χ0v) is 12.1. The molecule has 4 heteroatoms. The van der Waals surface area contributed by atoms with Crippen LogP contribution in [-0.4, -0.2) is 23.9 Å². The molecule has 0 radical (unpaired) electrons. The van der Waals surface area contributed by atoms with E-state index in [1.54, 1.807) is 23.1 Å². The molecule has 0 spiro atoms. The third kappa shape index (κ3) is 4.34. The molecule has 0 aromatic heterocycles. The Hall–Kier alpha value is -1.89. The van der Waals surface area contributed by atoms with Gasteiger partial charge in [-0.1, -0.05) is 32.0 Å². The first-order valence-corrected chi connectivity index (χ1v) is 7.05. The summed E-state index contributed by atoms with van der Waals surface area (Å²) in [6, 6.07) is 8.31. The van der Waals surface area contributed by atoms with Crippen molar-refractivity contribution in [2.45, 2.75) is 33.1 Å². The van der Waals surface area contributed by atoms with Crippen molar-refractivity contribution < 1.29 is 9.18 Å². The van der Waals surface area contributed by atoms with Crippen molar-refractivity contribution >= 4 is 5.91 Å². The third-order valence-electron chi connectivity index (χ3n) is 3.13. The fourth-order valence-corrected chi connectivity index (χ4v) is 2.16. The van der Waals surface area contributed by atoms with Gasteiger partial charge in [-0.3, -0.25) is 4.79 Å². The van der Waals surface area contributed by atoms with E-state index >= 15 is 0 Å². The highest BCUT2D eigenvalue weighted by molar-refractivity contribution is 5.81. The molecule has 0 aliphatic carbocycles. The van der Waals surface area contributed by atoms with Crippen LogP contribution in [0.3, 0.4) is 0 Å². The predicted octanol–water partition coefficient (Wildman–Crippen LogP) is 3.16. The number of benzene rings is 1. The van der Waals surface area contributed by atoms with Crippen molar-refractivity contribution in [3.63, 3.8) is 0 Å². The van der Waals surface area contributed by atoms with Crippen LogP contribution in [0.15, 0.2) is 24.3 Å². The summed E-state index contributed by atoms with van der Waals surface area (Å²) in [5.74, 6) is -1.37. The SMILES string of the molecule is CCCN(CCC)C(=O)C(C#N)Cc1ccccc1F. The maximum Gasteiger partial charge on any atom is 0.240 e. The van der Waals surface area contributed by atoms with Gasteiger partial charge in [0.05, 0.1) is 6.07 Å². The van der Waals surface area contributed by atoms with Gasteiger partial charge in [0, 0.05) is 19.5 Å². The Morgan fingerprint density at radius 1 is 1.30 bits per heavy atom. The first kappa shape index (κ1) is 16.2. The molecule has 1 atom stereocenters. The van der Waals surface area contributed by atoms with Crippen LogP contribution in [0.25, 0.3) is 0 Å². The molecule has 0 saturated heterocycles. The molecule has 0 heterocycles. The standard InChI is InChI=1S/C16H21FN2O/c1-3-9-19(10-4-2)16(20)14(12-18)11-13-7-5-6-8-15(13)17/h5-8,14H,3-4,9-11H2,1-2H3. The van der Waals surface area contributed by atoms with Gasteiger partial charge in [-0.05, 0) is 24.5 Å². The topological polar surface area (TPSA) is 44.1 Å². The molecular formula is C16H21FN2O. The molecule has 0 aliphatic rings. The van der Waals surface area contributed by atoms with E-state index in [1.165, 1.54) is 6.07 Å². The number of halogens is 1. The van der Waals surface area contributed by atoms with Crippen LogP contribution in [0, 0.1) is 23.1 Å². The third-order valence-corrected chi connectivity index (χ3v) is 3.13. The van der Waals surface area contributed by atoms with Crippen molar-refractivity contribution in [1.29, 1.82) is 5.26 Å². The number of hydrogen-bond donors (Lipinski definition) is 0. The van der Waals surface area contributed by atoms with E-state index < -0.39 is 5.92 Å². The molecule has 20 heavy (non-hydrogen) atoms. The average Bonchev–Trinajstić information content (AvgIpc) is 2.45. The summed E-state index contributed by atoms with van der Waals surface area (Å²) in [6.45, 7) is 5.27. The second kappa shape index (κ2) is 8.31. The second-order valence-electron chi connectivity index (χ2n) is 4.80. The lowest BCUT2D eigenvalue weighted by molar-refractivity contribution is -0.133. The van der Waals surface area contributed by atoms with Crippen molar-refractivity contribution in [3.8, 4) is 6.07 Å². The van der Waals surface area contributed by atoms with Gasteiger partial charge in [0.2, 0.25) is 5.91 Å². The Labute approximate surface area is 120 Å². The van der Waals surface area contributed by atoms with Gasteiger partial charge in [-0.15, -0.1) is 0 Å². The van der Waals surface area contributed by atoms with Gasteiger partial charge in [-0.25, -0.2) is 4.39 Å². The smallest absolute Gasteiger partial charge is 0.240 e. The van der Waals surface area contributed by atoms with Crippen molar-refractivity contribution in [2.24, 2.45) is 5.92 Å². The summed E-state index contributed by atoms with van der Waals surface area (Å²) >= 11 is 0. The zero-order chi connectivity index (χ0) is 15.0. The highest BCUT2D eigenvalue weighted by Crippen LogP contribution is 2.15.